The van der Waals surface area contributed by atoms with Gasteiger partial charge in [-0.1, -0.05) is 0 Å². The number of hydrogen-bond donors (Lipinski definition) is 2. The fourth-order valence-electron chi connectivity index (χ4n) is 5.52. The van der Waals surface area contributed by atoms with E-state index in [0.29, 0.717) is 61.8 Å². The summed E-state index contributed by atoms with van der Waals surface area (Å²) in [4.78, 5) is 45.0. The summed E-state index contributed by atoms with van der Waals surface area (Å²) >= 11 is 0. The molecule has 0 bridgehead atoms. The van der Waals surface area contributed by atoms with Gasteiger partial charge in [0, 0.05) is 73.4 Å². The standard InChI is InChI=1S/C31H35F3N10O5S/c1-43(2)10-9-24-27(36-17-25(41-24)19-13-38-29(49-3)39-14-19)44(30(45)46)21-7-5-20(6-8-21)40-28-37-16-23(31(32,33)34)26(42-28)18-11-22(15-35-12-18)50(4,47)48/h11-17,20-21H,5-10H2,1-4H3,(H,45,46)(H,37,40,42)/t20-,21-. The molecule has 0 saturated heterocycles. The molecular weight excluding hydrogens is 681 g/mol. The molecule has 0 spiro atoms. The average molecular weight is 717 g/mol. The number of alkyl halides is 3. The molecule has 0 unspecified atom stereocenters. The predicted molar refractivity (Wildman–Crippen MR) is 175 cm³/mol. The fraction of sp³-hybridized carbons (Fsp3) is 0.419. The quantitative estimate of drug-likeness (QED) is 0.224. The van der Waals surface area contributed by atoms with Gasteiger partial charge in [-0.25, -0.2) is 43.1 Å². The number of nitrogens with one attached hydrogen (secondary N) is 1. The van der Waals surface area contributed by atoms with Crippen LogP contribution in [-0.2, 0) is 22.4 Å². The molecule has 4 aromatic heterocycles. The minimum Gasteiger partial charge on any atom is -0.467 e. The number of ether oxygens (including phenoxy) is 1. The van der Waals surface area contributed by atoms with E-state index in [1.165, 1.54) is 18.2 Å². The second-order valence-corrected chi connectivity index (χ2v) is 14.0. The number of amides is 1. The Hall–Kier alpha value is -5.04. The summed E-state index contributed by atoms with van der Waals surface area (Å²) in [5, 5.41) is 13.4. The minimum absolute atomic E-state index is 0.0914. The van der Waals surface area contributed by atoms with Gasteiger partial charge in [0.25, 0.3) is 0 Å². The summed E-state index contributed by atoms with van der Waals surface area (Å²) in [6.45, 7) is 0.581. The van der Waals surface area contributed by atoms with E-state index in [1.54, 1.807) is 12.4 Å². The molecule has 4 aromatic rings. The summed E-state index contributed by atoms with van der Waals surface area (Å²) in [7, 11) is 1.49. The largest absolute Gasteiger partial charge is 0.467 e. The first-order valence-electron chi connectivity index (χ1n) is 15.4. The van der Waals surface area contributed by atoms with Gasteiger partial charge in [-0.15, -0.1) is 0 Å². The van der Waals surface area contributed by atoms with Crippen LogP contribution in [-0.4, -0.2) is 105 Å². The highest BCUT2D eigenvalue weighted by Gasteiger charge is 2.37. The number of hydrogen-bond acceptors (Lipinski definition) is 13. The smallest absolute Gasteiger partial charge is 0.419 e. The van der Waals surface area contributed by atoms with Crippen molar-refractivity contribution in [1.82, 2.24) is 39.8 Å². The van der Waals surface area contributed by atoms with E-state index in [4.69, 9.17) is 9.72 Å². The van der Waals surface area contributed by atoms with Crippen LogP contribution in [0.1, 0.15) is 36.9 Å². The second kappa shape index (κ2) is 14.8. The number of rotatable bonds is 11. The van der Waals surface area contributed by atoms with Crippen LogP contribution in [0.4, 0.5) is 29.7 Å². The first kappa shape index (κ1) is 36.2. The lowest BCUT2D eigenvalue weighted by molar-refractivity contribution is -0.137. The van der Waals surface area contributed by atoms with Crippen molar-refractivity contribution in [2.24, 2.45) is 0 Å². The number of carboxylic acid groups (broad SMARTS) is 1. The van der Waals surface area contributed by atoms with Gasteiger partial charge in [0.1, 0.15) is 5.56 Å². The highest BCUT2D eigenvalue weighted by atomic mass is 32.2. The monoisotopic (exact) mass is 716 g/mol. The summed E-state index contributed by atoms with van der Waals surface area (Å²) < 4.78 is 70.9. The molecular formula is C31H35F3N10O5S. The van der Waals surface area contributed by atoms with E-state index in [2.05, 4.69) is 35.2 Å². The molecule has 1 amide bonds. The van der Waals surface area contributed by atoms with E-state index in [9.17, 15) is 31.5 Å². The lowest BCUT2D eigenvalue weighted by atomic mass is 9.90. The number of nitrogens with zero attached hydrogens (tertiary/aromatic N) is 9. The summed E-state index contributed by atoms with van der Waals surface area (Å²) in [5.74, 6) is 0.126. The number of halogens is 3. The molecule has 2 N–H and O–H groups in total. The van der Waals surface area contributed by atoms with Gasteiger partial charge in [-0.3, -0.25) is 9.88 Å². The normalized spacial score (nSPS) is 16.6. The summed E-state index contributed by atoms with van der Waals surface area (Å²) in [6.07, 6.45) is 4.39. The maximum Gasteiger partial charge on any atom is 0.419 e. The minimum atomic E-state index is -4.82. The number of pyridine rings is 1. The number of carbonyl (C=O) groups is 1. The summed E-state index contributed by atoms with van der Waals surface area (Å²) in [6, 6.07) is 0.531. The summed E-state index contributed by atoms with van der Waals surface area (Å²) in [5.41, 5.74) is -0.270. The van der Waals surface area contributed by atoms with Crippen molar-refractivity contribution in [3.05, 3.63) is 54.5 Å². The van der Waals surface area contributed by atoms with Crippen LogP contribution >= 0.6 is 0 Å². The fourth-order valence-corrected chi connectivity index (χ4v) is 6.12. The maximum atomic E-state index is 13.9. The maximum absolute atomic E-state index is 13.9. The van der Waals surface area contributed by atoms with E-state index < -0.39 is 39.4 Å². The third-order valence-electron chi connectivity index (χ3n) is 8.06. The van der Waals surface area contributed by atoms with Gasteiger partial charge in [0.15, 0.2) is 15.7 Å². The lowest BCUT2D eigenvalue weighted by Crippen LogP contribution is -2.44. The number of methoxy groups -OCH3 is 1. The third-order valence-corrected chi connectivity index (χ3v) is 9.14. The highest BCUT2D eigenvalue weighted by molar-refractivity contribution is 7.90. The van der Waals surface area contributed by atoms with Crippen molar-refractivity contribution in [3.8, 4) is 28.5 Å². The van der Waals surface area contributed by atoms with E-state index in [-0.39, 0.29) is 34.3 Å². The Kier molecular flexibility index (Phi) is 10.8. The first-order valence-corrected chi connectivity index (χ1v) is 17.3. The Morgan fingerprint density at radius 2 is 1.68 bits per heavy atom. The van der Waals surface area contributed by atoms with Crippen molar-refractivity contribution in [2.75, 3.05) is 44.2 Å². The Morgan fingerprint density at radius 1 is 0.980 bits per heavy atom. The van der Waals surface area contributed by atoms with Crippen LogP contribution < -0.4 is 15.0 Å². The molecule has 0 aromatic carbocycles. The van der Waals surface area contributed by atoms with Gasteiger partial charge in [0.2, 0.25) is 5.95 Å². The van der Waals surface area contributed by atoms with Gasteiger partial charge < -0.3 is 20.1 Å². The molecule has 1 aliphatic carbocycles. The first-order chi connectivity index (χ1) is 23.6. The zero-order chi connectivity index (χ0) is 36.2. The third kappa shape index (κ3) is 8.57. The molecule has 4 heterocycles. The highest BCUT2D eigenvalue weighted by Crippen LogP contribution is 2.37. The van der Waals surface area contributed by atoms with Crippen molar-refractivity contribution in [1.29, 1.82) is 0 Å². The van der Waals surface area contributed by atoms with E-state index in [0.717, 1.165) is 24.7 Å². The van der Waals surface area contributed by atoms with Crippen LogP contribution in [0.25, 0.3) is 22.5 Å². The molecule has 5 rings (SSSR count). The Labute approximate surface area is 286 Å². The van der Waals surface area contributed by atoms with Crippen LogP contribution in [0.2, 0.25) is 0 Å². The Morgan fingerprint density at radius 3 is 2.28 bits per heavy atom. The number of likely N-dealkylation sites (N-methyl/N-ethyl adjacent to an activating group) is 1. The molecule has 19 heteroatoms. The lowest BCUT2D eigenvalue weighted by Gasteiger charge is -2.35. The zero-order valence-electron chi connectivity index (χ0n) is 27.6. The Balaban J connectivity index is 1.36. The number of sulfone groups is 1. The second-order valence-electron chi connectivity index (χ2n) is 12.0. The molecule has 0 aliphatic heterocycles. The Bertz CT molecular complexity index is 1940. The van der Waals surface area contributed by atoms with Crippen molar-refractivity contribution >= 4 is 27.7 Å². The van der Waals surface area contributed by atoms with E-state index in [1.807, 2.05) is 19.0 Å². The average Bonchev–Trinajstić information content (AvgIpc) is 3.07. The topological polar surface area (TPSA) is 189 Å². The molecule has 50 heavy (non-hydrogen) atoms. The number of anilines is 2. The molecule has 15 nitrogen and oxygen atoms in total. The van der Waals surface area contributed by atoms with Crippen LogP contribution in [0.15, 0.2) is 48.1 Å². The molecule has 1 aliphatic rings. The molecule has 1 saturated carbocycles. The van der Waals surface area contributed by atoms with Crippen molar-refractivity contribution < 1.29 is 36.2 Å². The van der Waals surface area contributed by atoms with E-state index >= 15 is 0 Å². The van der Waals surface area contributed by atoms with Crippen LogP contribution in [0.3, 0.4) is 0 Å². The number of aromatic nitrogens is 7. The molecule has 0 radical (unpaired) electrons. The van der Waals surface area contributed by atoms with Crippen LogP contribution in [0, 0.1) is 0 Å². The molecule has 0 atom stereocenters. The molecule has 266 valence electrons. The van der Waals surface area contributed by atoms with Gasteiger partial charge in [-0.2, -0.15) is 13.2 Å². The van der Waals surface area contributed by atoms with Gasteiger partial charge in [0.05, 0.1) is 35.3 Å². The van der Waals surface area contributed by atoms with Gasteiger partial charge >= 0.3 is 18.3 Å². The molecule has 1 fully saturated rings. The van der Waals surface area contributed by atoms with Gasteiger partial charge in [-0.05, 0) is 45.8 Å². The predicted octanol–water partition coefficient (Wildman–Crippen LogP) is 4.23. The zero-order valence-corrected chi connectivity index (χ0v) is 28.4. The SMILES string of the molecule is COc1ncc(-c2cnc(N(C(=O)O)[C@H]3CC[C@H](Nc4ncc(C(F)(F)F)c(-c5cncc(S(C)(=O)=O)c5)n4)CC3)c(CCN(C)C)n2)cn1. The van der Waals surface area contributed by atoms with Crippen LogP contribution in [0.5, 0.6) is 6.01 Å². The van der Waals surface area contributed by atoms with Crippen molar-refractivity contribution in [2.45, 2.75) is 55.3 Å². The van der Waals surface area contributed by atoms with Crippen molar-refractivity contribution in [3.63, 3.8) is 0 Å².